The van der Waals surface area contributed by atoms with Crippen molar-refractivity contribution in [2.24, 2.45) is 0 Å². The minimum atomic E-state index is 0.211. The zero-order valence-corrected chi connectivity index (χ0v) is 10.9. The van der Waals surface area contributed by atoms with Crippen molar-refractivity contribution in [3.63, 3.8) is 0 Å². The molecular weight excluding hydrogens is 228 g/mol. The first-order valence-electron chi connectivity index (χ1n) is 6.56. The Morgan fingerprint density at radius 2 is 2.44 bits per heavy atom. The topological polar surface area (TPSA) is 60.4 Å². The molecule has 5 nitrogen and oxygen atoms in total. The van der Waals surface area contributed by atoms with Gasteiger partial charge in [0, 0.05) is 50.2 Å². The van der Waals surface area contributed by atoms with Crippen molar-refractivity contribution in [3.8, 4) is 0 Å². The van der Waals surface area contributed by atoms with Crippen LogP contribution < -0.4 is 15.5 Å². The molecule has 1 aromatic rings. The summed E-state index contributed by atoms with van der Waals surface area (Å²) in [5.74, 6) is 0.883. The van der Waals surface area contributed by atoms with Crippen molar-refractivity contribution >= 4 is 11.5 Å². The second-order valence-corrected chi connectivity index (χ2v) is 4.62. The average Bonchev–Trinajstić information content (AvgIpc) is 2.88. The fraction of sp³-hybridized carbons (Fsp3) is 0.615. The molecule has 3 N–H and O–H groups in total. The van der Waals surface area contributed by atoms with Gasteiger partial charge in [0.05, 0.1) is 0 Å². The summed E-state index contributed by atoms with van der Waals surface area (Å²) in [6.45, 7) is 3.11. The van der Waals surface area contributed by atoms with Crippen molar-refractivity contribution in [2.75, 3.05) is 43.5 Å². The molecule has 1 atom stereocenters. The Hall–Kier alpha value is -1.33. The molecular formula is C13H22N4O. The van der Waals surface area contributed by atoms with Gasteiger partial charge in [-0.05, 0) is 26.0 Å². The number of likely N-dealkylation sites (N-methyl/N-ethyl adjacent to an activating group) is 1. The number of nitrogens with zero attached hydrogens (tertiary/aromatic N) is 2. The van der Waals surface area contributed by atoms with Crippen molar-refractivity contribution in [3.05, 3.63) is 18.3 Å². The third-order valence-electron chi connectivity index (χ3n) is 3.35. The predicted molar refractivity (Wildman–Crippen MR) is 74.1 cm³/mol. The van der Waals surface area contributed by atoms with Gasteiger partial charge >= 0.3 is 0 Å². The molecule has 0 unspecified atom stereocenters. The second kappa shape index (κ2) is 6.56. The van der Waals surface area contributed by atoms with E-state index < -0.39 is 0 Å². The Morgan fingerprint density at radius 3 is 3.17 bits per heavy atom. The zero-order chi connectivity index (χ0) is 12.8. The first-order valence-corrected chi connectivity index (χ1v) is 6.56. The largest absolute Gasteiger partial charge is 0.396 e. The molecule has 5 heteroatoms. The van der Waals surface area contributed by atoms with E-state index in [1.165, 1.54) is 12.1 Å². The molecule has 0 spiro atoms. The van der Waals surface area contributed by atoms with Crippen LogP contribution in [0.4, 0.5) is 11.5 Å². The number of rotatable bonds is 6. The van der Waals surface area contributed by atoms with E-state index in [1.807, 2.05) is 13.2 Å². The lowest BCUT2D eigenvalue weighted by Crippen LogP contribution is -2.29. The fourth-order valence-electron chi connectivity index (χ4n) is 2.24. The van der Waals surface area contributed by atoms with Crippen molar-refractivity contribution < 1.29 is 5.11 Å². The third kappa shape index (κ3) is 3.34. The standard InChI is InChI=1S/C13H22N4O/c1-14-11-4-7-17(10-11)12-3-6-16-13(9-12)15-5-2-8-18/h3,6,9,11,14,18H,2,4-5,7-8,10H2,1H3,(H,15,16)/t11-/m0/s1. The van der Waals surface area contributed by atoms with E-state index in [2.05, 4.69) is 32.7 Å². The van der Waals surface area contributed by atoms with Gasteiger partial charge < -0.3 is 20.6 Å². The highest BCUT2D eigenvalue weighted by Crippen LogP contribution is 2.21. The monoisotopic (exact) mass is 250 g/mol. The molecule has 1 aliphatic rings. The van der Waals surface area contributed by atoms with E-state index in [9.17, 15) is 0 Å². The quantitative estimate of drug-likeness (QED) is 0.648. The summed E-state index contributed by atoms with van der Waals surface area (Å²) in [5.41, 5.74) is 1.22. The van der Waals surface area contributed by atoms with Crippen LogP contribution >= 0.6 is 0 Å². The summed E-state index contributed by atoms with van der Waals surface area (Å²) in [5, 5.41) is 15.3. The Morgan fingerprint density at radius 1 is 1.56 bits per heavy atom. The molecule has 0 aromatic carbocycles. The van der Waals surface area contributed by atoms with Crippen LogP contribution in [0.5, 0.6) is 0 Å². The number of pyridine rings is 1. The summed E-state index contributed by atoms with van der Waals surface area (Å²) in [6, 6.07) is 4.72. The molecule has 0 saturated carbocycles. The summed E-state index contributed by atoms with van der Waals surface area (Å²) in [7, 11) is 2.02. The number of aromatic nitrogens is 1. The van der Waals surface area contributed by atoms with Gasteiger partial charge in [0.15, 0.2) is 0 Å². The van der Waals surface area contributed by atoms with Gasteiger partial charge in [-0.3, -0.25) is 0 Å². The minimum Gasteiger partial charge on any atom is -0.396 e. The lowest BCUT2D eigenvalue weighted by Gasteiger charge is -2.19. The van der Waals surface area contributed by atoms with Gasteiger partial charge in [-0.2, -0.15) is 0 Å². The molecule has 1 aromatic heterocycles. The van der Waals surface area contributed by atoms with Crippen LogP contribution in [0.15, 0.2) is 18.3 Å². The molecule has 18 heavy (non-hydrogen) atoms. The van der Waals surface area contributed by atoms with E-state index in [-0.39, 0.29) is 6.61 Å². The Balaban J connectivity index is 1.94. The van der Waals surface area contributed by atoms with Crippen molar-refractivity contribution in [2.45, 2.75) is 18.9 Å². The maximum absolute atomic E-state index is 8.75. The molecule has 1 aliphatic heterocycles. The summed E-state index contributed by atoms with van der Waals surface area (Å²) in [4.78, 5) is 6.66. The summed E-state index contributed by atoms with van der Waals surface area (Å²) in [6.07, 6.45) is 3.77. The van der Waals surface area contributed by atoms with Crippen LogP contribution in [0, 0.1) is 0 Å². The SMILES string of the molecule is CN[C@H]1CCN(c2ccnc(NCCCO)c2)C1. The third-order valence-corrected chi connectivity index (χ3v) is 3.35. The molecule has 2 heterocycles. The van der Waals surface area contributed by atoms with Crippen molar-refractivity contribution in [1.82, 2.24) is 10.3 Å². The van der Waals surface area contributed by atoms with Gasteiger partial charge in [0.1, 0.15) is 5.82 Å². The van der Waals surface area contributed by atoms with E-state index in [0.29, 0.717) is 6.04 Å². The van der Waals surface area contributed by atoms with Crippen LogP contribution in [0.2, 0.25) is 0 Å². The second-order valence-electron chi connectivity index (χ2n) is 4.62. The summed E-state index contributed by atoms with van der Waals surface area (Å²) >= 11 is 0. The Bertz CT molecular complexity index is 372. The first-order chi connectivity index (χ1) is 8.83. The fourth-order valence-corrected chi connectivity index (χ4v) is 2.24. The van der Waals surface area contributed by atoms with Gasteiger partial charge in [-0.15, -0.1) is 0 Å². The molecule has 0 radical (unpaired) electrons. The summed E-state index contributed by atoms with van der Waals surface area (Å²) < 4.78 is 0. The maximum Gasteiger partial charge on any atom is 0.127 e. The Labute approximate surface area is 108 Å². The number of anilines is 2. The highest BCUT2D eigenvalue weighted by molar-refractivity contribution is 5.54. The number of hydrogen-bond donors (Lipinski definition) is 3. The maximum atomic E-state index is 8.75. The number of nitrogens with one attached hydrogen (secondary N) is 2. The van der Waals surface area contributed by atoms with Crippen LogP contribution in [-0.2, 0) is 0 Å². The van der Waals surface area contributed by atoms with Gasteiger partial charge in [0.25, 0.3) is 0 Å². The Kier molecular flexibility index (Phi) is 4.78. The average molecular weight is 250 g/mol. The van der Waals surface area contributed by atoms with E-state index in [4.69, 9.17) is 5.11 Å². The lowest BCUT2D eigenvalue weighted by molar-refractivity contribution is 0.292. The zero-order valence-electron chi connectivity index (χ0n) is 10.9. The minimum absolute atomic E-state index is 0.211. The number of aliphatic hydroxyl groups is 1. The molecule has 0 amide bonds. The molecule has 2 rings (SSSR count). The van der Waals surface area contributed by atoms with Gasteiger partial charge in [-0.25, -0.2) is 4.98 Å². The van der Waals surface area contributed by atoms with Crippen LogP contribution in [-0.4, -0.2) is 49.4 Å². The van der Waals surface area contributed by atoms with E-state index in [1.54, 1.807) is 0 Å². The predicted octanol–water partition coefficient (Wildman–Crippen LogP) is 0.674. The molecule has 0 bridgehead atoms. The van der Waals surface area contributed by atoms with E-state index >= 15 is 0 Å². The first kappa shape index (κ1) is 13.1. The van der Waals surface area contributed by atoms with Crippen LogP contribution in [0.3, 0.4) is 0 Å². The lowest BCUT2D eigenvalue weighted by atomic mass is 10.3. The van der Waals surface area contributed by atoms with Gasteiger partial charge in [-0.1, -0.05) is 0 Å². The molecule has 1 fully saturated rings. The smallest absolute Gasteiger partial charge is 0.127 e. The van der Waals surface area contributed by atoms with Crippen LogP contribution in [0.25, 0.3) is 0 Å². The highest BCUT2D eigenvalue weighted by Gasteiger charge is 2.21. The normalized spacial score (nSPS) is 19.2. The van der Waals surface area contributed by atoms with Crippen LogP contribution in [0.1, 0.15) is 12.8 Å². The number of hydrogen-bond acceptors (Lipinski definition) is 5. The molecule has 1 saturated heterocycles. The molecule has 0 aliphatic carbocycles. The molecule has 100 valence electrons. The van der Waals surface area contributed by atoms with Crippen molar-refractivity contribution in [1.29, 1.82) is 0 Å². The highest BCUT2D eigenvalue weighted by atomic mass is 16.3. The van der Waals surface area contributed by atoms with E-state index in [0.717, 1.165) is 31.9 Å². The van der Waals surface area contributed by atoms with Gasteiger partial charge in [0.2, 0.25) is 0 Å². The number of aliphatic hydroxyl groups excluding tert-OH is 1.